The molecule has 26 heteroatoms. The van der Waals surface area contributed by atoms with E-state index in [0.717, 1.165) is 57.3 Å². The van der Waals surface area contributed by atoms with Gasteiger partial charge >= 0.3 is 11.9 Å². The lowest BCUT2D eigenvalue weighted by Gasteiger charge is -2.48. The number of likely N-dealkylation sites (N-methyl/N-ethyl adjacent to an activating group) is 2. The van der Waals surface area contributed by atoms with E-state index in [2.05, 4.69) is 67.1 Å². The summed E-state index contributed by atoms with van der Waals surface area (Å²) in [6.45, 7) is 4.90. The molecule has 96 heavy (non-hydrogen) atoms. The van der Waals surface area contributed by atoms with Crippen molar-refractivity contribution in [1.82, 2.24) is 50.0 Å². The number of amides is 6. The van der Waals surface area contributed by atoms with Crippen LogP contribution in [0.3, 0.4) is 0 Å². The third-order valence-corrected chi connectivity index (χ3v) is 21.1. The van der Waals surface area contributed by atoms with Crippen molar-refractivity contribution in [2.75, 3.05) is 40.3 Å². The van der Waals surface area contributed by atoms with Crippen molar-refractivity contribution in [3.05, 3.63) is 155 Å². The van der Waals surface area contributed by atoms with E-state index < -0.39 is 95.2 Å². The number of hydrogen-bond donors (Lipinski definition) is 10. The van der Waals surface area contributed by atoms with Gasteiger partial charge in [0.05, 0.1) is 11.8 Å². The molecule has 10 aliphatic rings. The molecular formula is C70H76N10O16. The van der Waals surface area contributed by atoms with Gasteiger partial charge in [0.2, 0.25) is 35.1 Å². The van der Waals surface area contributed by atoms with Gasteiger partial charge in [-0.2, -0.15) is 0 Å². The van der Waals surface area contributed by atoms with E-state index >= 15 is 0 Å². The molecule has 0 radical (unpaired) electrons. The first-order valence-electron chi connectivity index (χ1n) is 32.5. The molecule has 10 N–H and O–H groups in total. The smallest absolute Gasteiger partial charge is 0.335 e. The van der Waals surface area contributed by atoms with Gasteiger partial charge in [-0.1, -0.05) is 97.1 Å². The van der Waals surface area contributed by atoms with Crippen molar-refractivity contribution in [1.29, 1.82) is 0 Å². The predicted molar refractivity (Wildman–Crippen MR) is 343 cm³/mol. The standard InChI is InChI=1S/2C33H35N5O5.C4H6O6/c2*1-32(35-29(39)21-15-23-22-10-6-11-24-28(22)20(17-34-24)16-25(23)36(2)18-21)31(41)38-26(14-19-8-4-3-5-9-19)30(40)37-13-7-12-27(37)33(38,42)43-32;5-1(3(7)8)2(6)4(9)10/h2*3-6,8-11,15,17,21,25-27,34,42H,7,12-14,16,18H2,1-2H3,(H,35,39);1-2,5-6H,(H,7,8)(H,9,10). The number of carboxylic acid groups (broad SMARTS) is 2. The lowest BCUT2D eigenvalue weighted by molar-refractivity contribution is -0.315. The van der Waals surface area contributed by atoms with Crippen LogP contribution in [-0.4, -0.2) is 229 Å². The largest absolute Gasteiger partial charge is 0.479 e. The number of rotatable bonds is 11. The van der Waals surface area contributed by atoms with E-state index in [0.29, 0.717) is 51.9 Å². The van der Waals surface area contributed by atoms with E-state index in [1.807, 2.05) is 99.0 Å². The molecule has 0 spiro atoms. The second-order valence-electron chi connectivity index (χ2n) is 27.1. The van der Waals surface area contributed by atoms with Crippen LogP contribution in [0.5, 0.6) is 0 Å². The molecule has 14 atom stereocenters. The van der Waals surface area contributed by atoms with Crippen LogP contribution in [0.4, 0.5) is 0 Å². The highest BCUT2D eigenvalue weighted by Gasteiger charge is 2.72. The van der Waals surface area contributed by atoms with E-state index in [1.165, 1.54) is 45.5 Å². The van der Waals surface area contributed by atoms with Gasteiger partial charge in [-0.25, -0.2) is 9.59 Å². The number of benzene rings is 4. The molecule has 4 aromatic carbocycles. The minimum Gasteiger partial charge on any atom is -0.479 e. The second-order valence-corrected chi connectivity index (χ2v) is 27.1. The summed E-state index contributed by atoms with van der Waals surface area (Å²) >= 11 is 0. The number of aliphatic hydroxyl groups excluding tert-OH is 2. The number of hydrogen-bond acceptors (Lipinski definition) is 16. The van der Waals surface area contributed by atoms with Gasteiger partial charge in [-0.05, 0) is 123 Å². The maximum atomic E-state index is 14.2. The molecule has 8 aliphatic heterocycles. The number of aliphatic carboxylic acids is 2. The summed E-state index contributed by atoms with van der Waals surface area (Å²) in [5.41, 5.74) is 7.17. The van der Waals surface area contributed by atoms with Gasteiger partial charge in [-0.3, -0.25) is 57.8 Å². The Labute approximate surface area is 550 Å². The number of aromatic nitrogens is 2. The Kier molecular flexibility index (Phi) is 16.0. The van der Waals surface area contributed by atoms with Crippen molar-refractivity contribution in [3.63, 3.8) is 0 Å². The molecule has 16 rings (SSSR count). The van der Waals surface area contributed by atoms with Crippen LogP contribution in [0.25, 0.3) is 33.0 Å². The zero-order valence-corrected chi connectivity index (χ0v) is 53.3. The van der Waals surface area contributed by atoms with E-state index in [4.69, 9.17) is 29.9 Å². The highest BCUT2D eigenvalue weighted by Crippen LogP contribution is 2.49. The van der Waals surface area contributed by atoms with Gasteiger partial charge in [0.25, 0.3) is 23.6 Å². The quantitative estimate of drug-likeness (QED) is 0.0885. The summed E-state index contributed by atoms with van der Waals surface area (Å²) in [7, 11) is 4.04. The molecule has 14 unspecified atom stereocenters. The molecule has 26 nitrogen and oxygen atoms in total. The van der Waals surface area contributed by atoms with Crippen LogP contribution in [0.2, 0.25) is 0 Å². The summed E-state index contributed by atoms with van der Waals surface area (Å²) in [6, 6.07) is 28.2. The summed E-state index contributed by atoms with van der Waals surface area (Å²) in [6.07, 6.45) is 8.23. The number of carbonyl (C=O) groups excluding carboxylic acids is 6. The molecule has 6 fully saturated rings. The molecule has 10 heterocycles. The first-order chi connectivity index (χ1) is 45.8. The van der Waals surface area contributed by atoms with E-state index in [1.54, 1.807) is 9.80 Å². The molecule has 2 aromatic heterocycles. The first kappa shape index (κ1) is 64.2. The Morgan fingerprint density at radius 1 is 0.573 bits per heavy atom. The highest BCUT2D eigenvalue weighted by molar-refractivity contribution is 6.03. The molecular weight excluding hydrogens is 1240 g/mol. The third-order valence-electron chi connectivity index (χ3n) is 21.1. The first-order valence-corrected chi connectivity index (χ1v) is 32.5. The van der Waals surface area contributed by atoms with Crippen molar-refractivity contribution < 1.29 is 78.5 Å². The zero-order chi connectivity index (χ0) is 67.7. The second kappa shape index (κ2) is 23.9. The normalized spacial score (nSPS) is 31.5. The average molecular weight is 1310 g/mol. The van der Waals surface area contributed by atoms with Crippen LogP contribution in [0.1, 0.15) is 72.9 Å². The van der Waals surface area contributed by atoms with Gasteiger partial charge in [-0.15, -0.1) is 0 Å². The molecule has 502 valence electrons. The number of H-pyrrole nitrogens is 2. The number of carbonyl (C=O) groups is 8. The molecule has 2 aliphatic carbocycles. The van der Waals surface area contributed by atoms with Crippen molar-refractivity contribution in [2.45, 2.75) is 137 Å². The fourth-order valence-corrected chi connectivity index (χ4v) is 16.5. The van der Waals surface area contributed by atoms with Gasteiger partial charge in [0, 0.05) is 85.3 Å². The van der Waals surface area contributed by atoms with Crippen molar-refractivity contribution in [3.8, 4) is 0 Å². The molecule has 0 saturated carbocycles. The highest BCUT2D eigenvalue weighted by atomic mass is 16.7. The maximum Gasteiger partial charge on any atom is 0.335 e. The third kappa shape index (κ3) is 10.5. The Bertz CT molecular complexity index is 3990. The fraction of sp³-hybridized carbons (Fsp3) is 0.429. The number of aromatic amines is 2. The number of carboxylic acids is 2. The van der Waals surface area contributed by atoms with Gasteiger partial charge in [0.1, 0.15) is 24.2 Å². The Hall–Kier alpha value is -9.12. The van der Waals surface area contributed by atoms with Crippen LogP contribution < -0.4 is 10.6 Å². The Morgan fingerprint density at radius 2 is 0.958 bits per heavy atom. The monoisotopic (exact) mass is 1310 g/mol. The number of aliphatic hydroxyl groups is 4. The zero-order valence-electron chi connectivity index (χ0n) is 53.3. The summed E-state index contributed by atoms with van der Waals surface area (Å²) in [5, 5.41) is 64.7. The van der Waals surface area contributed by atoms with Crippen molar-refractivity contribution >= 4 is 80.3 Å². The van der Waals surface area contributed by atoms with Crippen LogP contribution in [0.15, 0.2) is 122 Å². The lowest BCUT2D eigenvalue weighted by Crippen LogP contribution is -2.71. The predicted octanol–water partition coefficient (Wildman–Crippen LogP) is 1.86. The summed E-state index contributed by atoms with van der Waals surface area (Å²) in [5.74, 6) is -11.1. The van der Waals surface area contributed by atoms with Gasteiger partial charge in [0.15, 0.2) is 12.2 Å². The number of fused-ring (bicyclic) bond motifs is 10. The van der Waals surface area contributed by atoms with Crippen LogP contribution in [0, 0.1) is 11.8 Å². The Balaban J connectivity index is 0.000000145. The summed E-state index contributed by atoms with van der Waals surface area (Å²) < 4.78 is 12.5. The van der Waals surface area contributed by atoms with Crippen LogP contribution >= 0.6 is 0 Å². The van der Waals surface area contributed by atoms with E-state index in [9.17, 15) is 48.6 Å². The van der Waals surface area contributed by atoms with E-state index in [-0.39, 0.29) is 48.6 Å². The molecule has 0 bridgehead atoms. The Morgan fingerprint density at radius 3 is 1.33 bits per heavy atom. The number of piperazine rings is 2. The number of nitrogens with one attached hydrogen (secondary N) is 4. The fourth-order valence-electron chi connectivity index (χ4n) is 16.5. The van der Waals surface area contributed by atoms with Crippen molar-refractivity contribution in [2.24, 2.45) is 11.8 Å². The minimum atomic E-state index is -2.27. The number of ether oxygens (including phenoxy) is 2. The SMILES string of the molecule is CN1CC(C(=O)NC2(C)OC3(O)C4CCCN4C(=O)C(Cc4ccccc4)N3C2=O)C=C2c3cccc4[nH]cc(c34)CC21.CN1CC(C(=O)NC2(C)OC3(O)C4CCCN4C(=O)C(Cc4ccccc4)N3C2=O)C=C2c3cccc4[nH]cc(c34)CC21.O=C(O)C(O)C(O)C(=O)O. The lowest BCUT2D eigenvalue weighted by atomic mass is 9.79. The maximum absolute atomic E-state index is 14.2. The van der Waals surface area contributed by atoms with Crippen LogP contribution in [-0.2, 0) is 73.5 Å². The number of nitrogens with zero attached hydrogens (tertiary/aromatic N) is 6. The molecule has 6 saturated heterocycles. The summed E-state index contributed by atoms with van der Waals surface area (Å²) in [4.78, 5) is 120. The van der Waals surface area contributed by atoms with Gasteiger partial charge < -0.3 is 61.0 Å². The molecule has 6 amide bonds. The molecule has 6 aromatic rings. The topological polar surface area (TPSA) is 351 Å². The average Bonchev–Trinajstić information content (AvgIpc) is 1.54. The minimum absolute atomic E-state index is 0.144.